The van der Waals surface area contributed by atoms with Gasteiger partial charge in [0.25, 0.3) is 0 Å². The molecule has 0 aliphatic carbocycles. The lowest BCUT2D eigenvalue weighted by Crippen LogP contribution is -2.46. The Labute approximate surface area is 92.4 Å². The van der Waals surface area contributed by atoms with Crippen LogP contribution in [0.25, 0.3) is 0 Å². The van der Waals surface area contributed by atoms with Gasteiger partial charge in [0, 0.05) is 19.1 Å². The van der Waals surface area contributed by atoms with Gasteiger partial charge in [-0.3, -0.25) is 4.79 Å². The van der Waals surface area contributed by atoms with Crippen LogP contribution in [0.3, 0.4) is 0 Å². The van der Waals surface area contributed by atoms with Crippen LogP contribution in [0.2, 0.25) is 0 Å². The van der Waals surface area contributed by atoms with Crippen molar-refractivity contribution in [2.45, 2.75) is 32.4 Å². The Morgan fingerprint density at radius 1 is 1.47 bits per heavy atom. The smallest absolute Gasteiger partial charge is 0.239 e. The predicted octanol–water partition coefficient (Wildman–Crippen LogP) is 0.132. The van der Waals surface area contributed by atoms with E-state index in [1.54, 1.807) is 0 Å². The molecule has 1 aliphatic rings. The van der Waals surface area contributed by atoms with Crippen LogP contribution in [0.4, 0.5) is 0 Å². The van der Waals surface area contributed by atoms with E-state index in [-0.39, 0.29) is 17.9 Å². The van der Waals surface area contributed by atoms with E-state index in [1.807, 2.05) is 18.7 Å². The number of carbonyl (C=O) groups excluding carboxylic acids is 1. The molecule has 0 spiro atoms. The minimum atomic E-state index is -0.342. The minimum absolute atomic E-state index is 0.106. The quantitative estimate of drug-likeness (QED) is 0.725. The second-order valence-electron chi connectivity index (χ2n) is 4.96. The summed E-state index contributed by atoms with van der Waals surface area (Å²) in [6.07, 6.45) is 1.06. The standard InChI is InChI=1S/C11H23N3O/c1-8(2)10(12)11(15)14-6-5-9(7-14)13(3)4/h8-10H,5-7,12H2,1-4H3/t9?,10-/m0/s1. The lowest BCUT2D eigenvalue weighted by Gasteiger charge is -2.24. The first kappa shape index (κ1) is 12.5. The largest absolute Gasteiger partial charge is 0.340 e. The van der Waals surface area contributed by atoms with Crippen LogP contribution in [0.1, 0.15) is 20.3 Å². The highest BCUT2D eigenvalue weighted by Crippen LogP contribution is 2.15. The van der Waals surface area contributed by atoms with E-state index >= 15 is 0 Å². The number of carbonyl (C=O) groups is 1. The Hall–Kier alpha value is -0.610. The summed E-state index contributed by atoms with van der Waals surface area (Å²) in [7, 11) is 4.11. The van der Waals surface area contributed by atoms with Gasteiger partial charge >= 0.3 is 0 Å². The highest BCUT2D eigenvalue weighted by molar-refractivity contribution is 5.82. The SMILES string of the molecule is CC(C)[C@H](N)C(=O)N1CCC(N(C)C)C1. The number of hydrogen-bond donors (Lipinski definition) is 1. The van der Waals surface area contributed by atoms with Gasteiger partial charge in [-0.2, -0.15) is 0 Å². The molecule has 0 aromatic carbocycles. The van der Waals surface area contributed by atoms with Crippen LogP contribution in [0, 0.1) is 5.92 Å². The van der Waals surface area contributed by atoms with Crippen LogP contribution in [0.15, 0.2) is 0 Å². The van der Waals surface area contributed by atoms with Crippen LogP contribution in [0.5, 0.6) is 0 Å². The summed E-state index contributed by atoms with van der Waals surface area (Å²) < 4.78 is 0. The van der Waals surface area contributed by atoms with E-state index in [1.165, 1.54) is 0 Å². The Morgan fingerprint density at radius 3 is 2.47 bits per heavy atom. The van der Waals surface area contributed by atoms with Gasteiger partial charge in [0.15, 0.2) is 0 Å². The number of likely N-dealkylation sites (tertiary alicyclic amines) is 1. The lowest BCUT2D eigenvalue weighted by atomic mass is 10.0. The topological polar surface area (TPSA) is 49.6 Å². The number of likely N-dealkylation sites (N-methyl/N-ethyl adjacent to an activating group) is 1. The summed E-state index contributed by atoms with van der Waals surface area (Å²) in [6.45, 7) is 5.65. The third-order valence-electron chi connectivity index (χ3n) is 3.21. The van der Waals surface area contributed by atoms with E-state index < -0.39 is 0 Å². The number of nitrogens with zero attached hydrogens (tertiary/aromatic N) is 2. The molecule has 4 heteroatoms. The van der Waals surface area contributed by atoms with Gasteiger partial charge in [0.2, 0.25) is 5.91 Å². The van der Waals surface area contributed by atoms with Crippen LogP contribution in [-0.2, 0) is 4.79 Å². The third kappa shape index (κ3) is 2.92. The first-order valence-corrected chi connectivity index (χ1v) is 5.64. The maximum Gasteiger partial charge on any atom is 0.239 e. The van der Waals surface area contributed by atoms with Crippen molar-refractivity contribution in [2.75, 3.05) is 27.2 Å². The molecule has 1 aliphatic heterocycles. The zero-order valence-corrected chi connectivity index (χ0v) is 10.2. The van der Waals surface area contributed by atoms with Crippen LogP contribution in [-0.4, -0.2) is 55.0 Å². The summed E-state index contributed by atoms with van der Waals surface area (Å²) in [5.41, 5.74) is 5.86. The highest BCUT2D eigenvalue weighted by Gasteiger charge is 2.30. The molecule has 1 unspecified atom stereocenters. The molecule has 1 fully saturated rings. The number of nitrogens with two attached hydrogens (primary N) is 1. The molecular weight excluding hydrogens is 190 g/mol. The third-order valence-corrected chi connectivity index (χ3v) is 3.21. The van der Waals surface area contributed by atoms with Crippen molar-refractivity contribution in [2.24, 2.45) is 11.7 Å². The van der Waals surface area contributed by atoms with Gasteiger partial charge in [-0.15, -0.1) is 0 Å². The molecule has 0 radical (unpaired) electrons. The van der Waals surface area contributed by atoms with Gasteiger partial charge < -0.3 is 15.5 Å². The van der Waals surface area contributed by atoms with E-state index in [2.05, 4.69) is 19.0 Å². The minimum Gasteiger partial charge on any atom is -0.340 e. The number of hydrogen-bond acceptors (Lipinski definition) is 3. The molecule has 0 bridgehead atoms. The van der Waals surface area contributed by atoms with Gasteiger partial charge in [-0.1, -0.05) is 13.8 Å². The first-order chi connectivity index (χ1) is 6.93. The Balaban J connectivity index is 2.50. The predicted molar refractivity (Wildman–Crippen MR) is 61.5 cm³/mol. The Bertz CT molecular complexity index is 228. The summed E-state index contributed by atoms with van der Waals surface area (Å²) in [4.78, 5) is 16.0. The number of rotatable bonds is 3. The maximum atomic E-state index is 11.9. The second-order valence-corrected chi connectivity index (χ2v) is 4.96. The van der Waals surface area contributed by atoms with Crippen LogP contribution < -0.4 is 5.73 Å². The monoisotopic (exact) mass is 213 g/mol. The van der Waals surface area contributed by atoms with Crippen molar-refractivity contribution >= 4 is 5.91 Å². The fraction of sp³-hybridized carbons (Fsp3) is 0.909. The van der Waals surface area contributed by atoms with Crippen molar-refractivity contribution in [3.05, 3.63) is 0 Å². The molecule has 2 atom stereocenters. The Kier molecular flexibility index (Phi) is 4.11. The van der Waals surface area contributed by atoms with Gasteiger partial charge in [0.05, 0.1) is 6.04 Å². The molecular formula is C11H23N3O. The summed E-state index contributed by atoms with van der Waals surface area (Å²) in [5, 5.41) is 0. The Morgan fingerprint density at radius 2 is 2.07 bits per heavy atom. The average molecular weight is 213 g/mol. The van der Waals surface area contributed by atoms with E-state index in [4.69, 9.17) is 5.73 Å². The summed E-state index contributed by atoms with van der Waals surface area (Å²) in [5.74, 6) is 0.324. The molecule has 1 rings (SSSR count). The maximum absolute atomic E-state index is 11.9. The van der Waals surface area contributed by atoms with Gasteiger partial charge in [-0.25, -0.2) is 0 Å². The molecule has 15 heavy (non-hydrogen) atoms. The summed E-state index contributed by atoms with van der Waals surface area (Å²) >= 11 is 0. The zero-order valence-electron chi connectivity index (χ0n) is 10.2. The van der Waals surface area contributed by atoms with Gasteiger partial charge in [-0.05, 0) is 26.4 Å². The fourth-order valence-electron chi connectivity index (χ4n) is 1.86. The second kappa shape index (κ2) is 4.94. The molecule has 2 N–H and O–H groups in total. The summed E-state index contributed by atoms with van der Waals surface area (Å²) in [6, 6.07) is 0.152. The van der Waals surface area contributed by atoms with Crippen molar-refractivity contribution in [1.29, 1.82) is 0 Å². The molecule has 1 amide bonds. The molecule has 88 valence electrons. The average Bonchev–Trinajstić information content (AvgIpc) is 2.64. The zero-order chi connectivity index (χ0) is 11.6. The van der Waals surface area contributed by atoms with Crippen LogP contribution >= 0.6 is 0 Å². The molecule has 4 nitrogen and oxygen atoms in total. The van der Waals surface area contributed by atoms with E-state index in [0.29, 0.717) is 6.04 Å². The normalized spacial score (nSPS) is 23.9. The van der Waals surface area contributed by atoms with Crippen molar-refractivity contribution < 1.29 is 4.79 Å². The number of amides is 1. The van der Waals surface area contributed by atoms with Crippen molar-refractivity contribution in [3.63, 3.8) is 0 Å². The molecule has 0 aromatic rings. The first-order valence-electron chi connectivity index (χ1n) is 5.64. The molecule has 1 saturated heterocycles. The van der Waals surface area contributed by atoms with Crippen molar-refractivity contribution in [1.82, 2.24) is 9.80 Å². The molecule has 1 heterocycles. The lowest BCUT2D eigenvalue weighted by molar-refractivity contribution is -0.132. The van der Waals surface area contributed by atoms with E-state index in [9.17, 15) is 4.79 Å². The van der Waals surface area contributed by atoms with Gasteiger partial charge in [0.1, 0.15) is 0 Å². The molecule has 0 aromatic heterocycles. The highest BCUT2D eigenvalue weighted by atomic mass is 16.2. The molecule has 0 saturated carbocycles. The van der Waals surface area contributed by atoms with Crippen molar-refractivity contribution in [3.8, 4) is 0 Å². The fourth-order valence-corrected chi connectivity index (χ4v) is 1.86. The van der Waals surface area contributed by atoms with E-state index in [0.717, 1.165) is 19.5 Å².